The van der Waals surface area contributed by atoms with Crippen molar-refractivity contribution in [3.63, 3.8) is 0 Å². The van der Waals surface area contributed by atoms with Crippen LogP contribution >= 0.6 is 12.2 Å². The fourth-order valence-electron chi connectivity index (χ4n) is 1.97. The number of fused-ring (bicyclic) bond motifs is 1. The molecule has 0 bridgehead atoms. The molecule has 0 fully saturated rings. The maximum atomic E-state index is 5.61. The largest absolute Gasteiger partial charge is 0.493 e. The van der Waals surface area contributed by atoms with Gasteiger partial charge in [-0.1, -0.05) is 18.2 Å². The molecule has 2 rings (SSSR count). The van der Waals surface area contributed by atoms with Gasteiger partial charge in [0.15, 0.2) is 5.11 Å². The van der Waals surface area contributed by atoms with Gasteiger partial charge >= 0.3 is 0 Å². The molecule has 1 aromatic rings. The van der Waals surface area contributed by atoms with E-state index in [0.29, 0.717) is 18.3 Å². The molecule has 1 aliphatic heterocycles. The second kappa shape index (κ2) is 6.56. The summed E-state index contributed by atoms with van der Waals surface area (Å²) < 4.78 is 10.6. The number of methoxy groups -OCH3 is 1. The Morgan fingerprint density at radius 1 is 1.50 bits per heavy atom. The van der Waals surface area contributed by atoms with Crippen LogP contribution in [0, 0.1) is 0 Å². The highest BCUT2D eigenvalue weighted by Crippen LogP contribution is 2.31. The lowest BCUT2D eigenvalue weighted by atomic mass is 10.0. The normalized spacial score (nSPS) is 17.5. The SMILES string of the molecule is COCCNC(=S)N[C@@H]1CCOc2ccccc21. The molecular weight excluding hydrogens is 248 g/mol. The lowest BCUT2D eigenvalue weighted by Crippen LogP contribution is -2.40. The third-order valence-corrected chi connectivity index (χ3v) is 3.12. The Morgan fingerprint density at radius 2 is 2.33 bits per heavy atom. The summed E-state index contributed by atoms with van der Waals surface area (Å²) in [6.07, 6.45) is 0.920. The van der Waals surface area contributed by atoms with Gasteiger partial charge < -0.3 is 20.1 Å². The average Bonchev–Trinajstić information content (AvgIpc) is 2.39. The van der Waals surface area contributed by atoms with Crippen LogP contribution in [-0.2, 0) is 4.74 Å². The number of nitrogens with one attached hydrogen (secondary N) is 2. The third kappa shape index (κ3) is 3.34. The molecule has 18 heavy (non-hydrogen) atoms. The van der Waals surface area contributed by atoms with Crippen molar-refractivity contribution in [2.24, 2.45) is 0 Å². The van der Waals surface area contributed by atoms with Crippen molar-refractivity contribution in [3.05, 3.63) is 29.8 Å². The molecule has 1 atom stereocenters. The number of para-hydroxylation sites is 1. The van der Waals surface area contributed by atoms with Gasteiger partial charge in [0.05, 0.1) is 19.3 Å². The van der Waals surface area contributed by atoms with Crippen molar-refractivity contribution in [3.8, 4) is 5.75 Å². The van der Waals surface area contributed by atoms with Gasteiger partial charge in [-0.2, -0.15) is 0 Å². The minimum absolute atomic E-state index is 0.220. The molecule has 4 nitrogen and oxygen atoms in total. The Kier molecular flexibility index (Phi) is 4.78. The van der Waals surface area contributed by atoms with Crippen LogP contribution in [0.3, 0.4) is 0 Å². The number of hydrogen-bond donors (Lipinski definition) is 2. The number of rotatable bonds is 4. The molecule has 0 unspecified atom stereocenters. The van der Waals surface area contributed by atoms with Crippen LogP contribution in [0.1, 0.15) is 18.0 Å². The maximum Gasteiger partial charge on any atom is 0.166 e. The van der Waals surface area contributed by atoms with Gasteiger partial charge in [-0.15, -0.1) is 0 Å². The molecule has 0 radical (unpaired) electrons. The Hall–Kier alpha value is -1.33. The first-order valence-electron chi connectivity index (χ1n) is 6.06. The quantitative estimate of drug-likeness (QED) is 0.640. The van der Waals surface area contributed by atoms with Gasteiger partial charge in [-0.3, -0.25) is 0 Å². The zero-order chi connectivity index (χ0) is 12.8. The monoisotopic (exact) mass is 266 g/mol. The summed E-state index contributed by atoms with van der Waals surface area (Å²) in [5, 5.41) is 7.10. The van der Waals surface area contributed by atoms with Crippen LogP contribution in [0.5, 0.6) is 5.75 Å². The zero-order valence-electron chi connectivity index (χ0n) is 10.4. The van der Waals surface area contributed by atoms with Crippen LogP contribution in [0.2, 0.25) is 0 Å². The van der Waals surface area contributed by atoms with E-state index in [1.165, 1.54) is 5.56 Å². The standard InChI is InChI=1S/C13H18N2O2S/c1-16-9-7-14-13(18)15-11-6-8-17-12-5-3-2-4-10(11)12/h2-5,11H,6-9H2,1H3,(H2,14,15,18)/t11-/m1/s1. The van der Waals surface area contributed by atoms with Crippen molar-refractivity contribution < 1.29 is 9.47 Å². The van der Waals surface area contributed by atoms with E-state index in [0.717, 1.165) is 18.8 Å². The van der Waals surface area contributed by atoms with Gasteiger partial charge in [0, 0.05) is 25.6 Å². The van der Waals surface area contributed by atoms with E-state index < -0.39 is 0 Å². The van der Waals surface area contributed by atoms with Crippen molar-refractivity contribution >= 4 is 17.3 Å². The Morgan fingerprint density at radius 3 is 3.17 bits per heavy atom. The van der Waals surface area contributed by atoms with E-state index in [-0.39, 0.29) is 6.04 Å². The second-order valence-electron chi connectivity index (χ2n) is 4.12. The zero-order valence-corrected chi connectivity index (χ0v) is 11.3. The van der Waals surface area contributed by atoms with E-state index >= 15 is 0 Å². The summed E-state index contributed by atoms with van der Waals surface area (Å²) in [6.45, 7) is 2.08. The Labute approximate surface area is 113 Å². The van der Waals surface area contributed by atoms with Crippen LogP contribution in [0.25, 0.3) is 0 Å². The molecule has 5 heteroatoms. The van der Waals surface area contributed by atoms with Crippen LogP contribution < -0.4 is 15.4 Å². The molecule has 1 aromatic carbocycles. The molecule has 0 amide bonds. The topological polar surface area (TPSA) is 42.5 Å². The number of thiocarbonyl (C=S) groups is 1. The summed E-state index contributed by atoms with van der Waals surface area (Å²) in [4.78, 5) is 0. The lowest BCUT2D eigenvalue weighted by molar-refractivity contribution is 0.203. The number of benzene rings is 1. The van der Waals surface area contributed by atoms with Crippen molar-refractivity contribution in [1.82, 2.24) is 10.6 Å². The molecule has 0 aromatic heterocycles. The number of hydrogen-bond acceptors (Lipinski definition) is 3. The minimum atomic E-state index is 0.220. The van der Waals surface area contributed by atoms with Crippen molar-refractivity contribution in [1.29, 1.82) is 0 Å². The minimum Gasteiger partial charge on any atom is -0.493 e. The first kappa shape index (κ1) is 13.1. The predicted octanol–water partition coefficient (Wildman–Crippen LogP) is 1.62. The molecule has 0 spiro atoms. The molecule has 1 heterocycles. The Bertz CT molecular complexity index is 412. The van der Waals surface area contributed by atoms with Crippen LogP contribution in [0.4, 0.5) is 0 Å². The van der Waals surface area contributed by atoms with Gasteiger partial charge in [-0.05, 0) is 18.3 Å². The van der Waals surface area contributed by atoms with Crippen molar-refractivity contribution in [2.45, 2.75) is 12.5 Å². The van der Waals surface area contributed by atoms with Crippen LogP contribution in [0.15, 0.2) is 24.3 Å². The van der Waals surface area contributed by atoms with Gasteiger partial charge in [0.25, 0.3) is 0 Å². The first-order valence-corrected chi connectivity index (χ1v) is 6.47. The molecular formula is C13H18N2O2S. The maximum absolute atomic E-state index is 5.61. The van der Waals surface area contributed by atoms with E-state index in [2.05, 4.69) is 16.7 Å². The van der Waals surface area contributed by atoms with E-state index in [4.69, 9.17) is 21.7 Å². The van der Waals surface area contributed by atoms with Gasteiger partial charge in [0.2, 0.25) is 0 Å². The molecule has 2 N–H and O–H groups in total. The van der Waals surface area contributed by atoms with Gasteiger partial charge in [0.1, 0.15) is 5.75 Å². The van der Waals surface area contributed by atoms with Crippen LogP contribution in [-0.4, -0.2) is 32.0 Å². The Balaban J connectivity index is 1.92. The highest BCUT2D eigenvalue weighted by molar-refractivity contribution is 7.80. The summed E-state index contributed by atoms with van der Waals surface area (Å²) in [5.74, 6) is 0.945. The molecule has 0 aliphatic carbocycles. The van der Waals surface area contributed by atoms with E-state index in [1.807, 2.05) is 18.2 Å². The average molecular weight is 266 g/mol. The first-order chi connectivity index (χ1) is 8.81. The summed E-state index contributed by atoms with van der Waals surface area (Å²) in [5.41, 5.74) is 1.17. The predicted molar refractivity (Wildman–Crippen MR) is 74.9 cm³/mol. The highest BCUT2D eigenvalue weighted by atomic mass is 32.1. The summed E-state index contributed by atoms with van der Waals surface area (Å²) in [6, 6.07) is 8.28. The summed E-state index contributed by atoms with van der Waals surface area (Å²) >= 11 is 5.26. The molecule has 98 valence electrons. The fourth-order valence-corrected chi connectivity index (χ4v) is 2.21. The lowest BCUT2D eigenvalue weighted by Gasteiger charge is -2.27. The highest BCUT2D eigenvalue weighted by Gasteiger charge is 2.21. The smallest absolute Gasteiger partial charge is 0.166 e. The van der Waals surface area contributed by atoms with E-state index in [1.54, 1.807) is 7.11 Å². The second-order valence-corrected chi connectivity index (χ2v) is 4.53. The molecule has 0 saturated heterocycles. The number of ether oxygens (including phenoxy) is 2. The molecule has 0 saturated carbocycles. The molecule has 1 aliphatic rings. The third-order valence-electron chi connectivity index (χ3n) is 2.86. The van der Waals surface area contributed by atoms with Gasteiger partial charge in [-0.25, -0.2) is 0 Å². The van der Waals surface area contributed by atoms with E-state index in [9.17, 15) is 0 Å². The van der Waals surface area contributed by atoms with Crippen molar-refractivity contribution in [2.75, 3.05) is 26.9 Å². The summed E-state index contributed by atoms with van der Waals surface area (Å²) in [7, 11) is 1.67. The fraction of sp³-hybridized carbons (Fsp3) is 0.462.